The van der Waals surface area contributed by atoms with Crippen molar-refractivity contribution in [1.29, 1.82) is 0 Å². The molecule has 0 saturated heterocycles. The van der Waals surface area contributed by atoms with Gasteiger partial charge in [0.25, 0.3) is 5.56 Å². The molecule has 0 spiro atoms. The minimum Gasteiger partial charge on any atom is -0.349 e. The standard InChI is InChI=1S/C10H16N4O3/c1-6(11)9(16)12-5-7-4-8(15)14(3)10(17)13(7)2/h4,6H,5,11H2,1-3H3,(H,12,16)/t6-/m1/s1. The molecule has 0 radical (unpaired) electrons. The first-order valence-electron chi connectivity index (χ1n) is 5.14. The van der Waals surface area contributed by atoms with Crippen LogP contribution >= 0.6 is 0 Å². The van der Waals surface area contributed by atoms with E-state index in [0.29, 0.717) is 5.69 Å². The van der Waals surface area contributed by atoms with Crippen molar-refractivity contribution in [2.45, 2.75) is 19.5 Å². The van der Waals surface area contributed by atoms with Crippen LogP contribution in [0.5, 0.6) is 0 Å². The van der Waals surface area contributed by atoms with Crippen molar-refractivity contribution in [3.05, 3.63) is 32.6 Å². The molecule has 1 amide bonds. The minimum atomic E-state index is -0.626. The summed E-state index contributed by atoms with van der Waals surface area (Å²) in [6, 6.07) is 0.682. The number of hydrogen-bond donors (Lipinski definition) is 2. The average Bonchev–Trinajstić information content (AvgIpc) is 2.28. The molecule has 7 heteroatoms. The van der Waals surface area contributed by atoms with Crippen LogP contribution in [0.4, 0.5) is 0 Å². The van der Waals surface area contributed by atoms with E-state index in [9.17, 15) is 14.4 Å². The Morgan fingerprint density at radius 2 is 2.00 bits per heavy atom. The lowest BCUT2D eigenvalue weighted by molar-refractivity contribution is -0.122. The second kappa shape index (κ2) is 4.96. The lowest BCUT2D eigenvalue weighted by Crippen LogP contribution is -2.42. The second-order valence-electron chi connectivity index (χ2n) is 3.88. The molecule has 1 rings (SSSR count). The van der Waals surface area contributed by atoms with Crippen molar-refractivity contribution in [2.75, 3.05) is 0 Å². The highest BCUT2D eigenvalue weighted by Crippen LogP contribution is 1.90. The smallest absolute Gasteiger partial charge is 0.330 e. The molecule has 0 aromatic carbocycles. The second-order valence-corrected chi connectivity index (χ2v) is 3.88. The number of nitrogens with one attached hydrogen (secondary N) is 1. The summed E-state index contributed by atoms with van der Waals surface area (Å²) >= 11 is 0. The van der Waals surface area contributed by atoms with Gasteiger partial charge in [0.1, 0.15) is 0 Å². The summed E-state index contributed by atoms with van der Waals surface area (Å²) in [5.41, 5.74) is 4.98. The van der Waals surface area contributed by atoms with Crippen molar-refractivity contribution < 1.29 is 4.79 Å². The fraction of sp³-hybridized carbons (Fsp3) is 0.500. The van der Waals surface area contributed by atoms with Crippen LogP contribution in [0.2, 0.25) is 0 Å². The predicted octanol–water partition coefficient (Wildman–Crippen LogP) is -1.95. The van der Waals surface area contributed by atoms with Gasteiger partial charge in [0.05, 0.1) is 12.6 Å². The van der Waals surface area contributed by atoms with Gasteiger partial charge >= 0.3 is 5.69 Å². The summed E-state index contributed by atoms with van der Waals surface area (Å²) in [6.45, 7) is 1.65. The number of amides is 1. The molecule has 0 saturated carbocycles. The SMILES string of the molecule is C[C@@H](N)C(=O)NCc1cc(=O)n(C)c(=O)n1C. The van der Waals surface area contributed by atoms with Gasteiger partial charge in [-0.1, -0.05) is 0 Å². The topological polar surface area (TPSA) is 99.1 Å². The third kappa shape index (κ3) is 2.82. The van der Waals surface area contributed by atoms with Gasteiger partial charge < -0.3 is 11.1 Å². The van der Waals surface area contributed by atoms with Crippen LogP contribution in [0, 0.1) is 0 Å². The number of aromatic nitrogens is 2. The maximum absolute atomic E-state index is 11.6. The molecule has 0 aliphatic rings. The normalized spacial score (nSPS) is 12.2. The first kappa shape index (κ1) is 13.2. The van der Waals surface area contributed by atoms with Crippen LogP contribution in [0.25, 0.3) is 0 Å². The Hall–Kier alpha value is -1.89. The van der Waals surface area contributed by atoms with Crippen molar-refractivity contribution in [2.24, 2.45) is 19.8 Å². The number of hydrogen-bond acceptors (Lipinski definition) is 4. The fourth-order valence-electron chi connectivity index (χ4n) is 1.29. The van der Waals surface area contributed by atoms with Crippen LogP contribution in [0.1, 0.15) is 12.6 Å². The van der Waals surface area contributed by atoms with Crippen molar-refractivity contribution in [3.63, 3.8) is 0 Å². The van der Waals surface area contributed by atoms with Gasteiger partial charge in [0.2, 0.25) is 5.91 Å². The zero-order valence-corrected chi connectivity index (χ0v) is 10.1. The average molecular weight is 240 g/mol. The van der Waals surface area contributed by atoms with E-state index in [2.05, 4.69) is 5.32 Å². The first-order valence-corrected chi connectivity index (χ1v) is 5.14. The fourth-order valence-corrected chi connectivity index (χ4v) is 1.29. The van der Waals surface area contributed by atoms with Gasteiger partial charge in [-0.25, -0.2) is 4.79 Å². The first-order chi connectivity index (χ1) is 7.84. The van der Waals surface area contributed by atoms with Gasteiger partial charge in [-0.2, -0.15) is 0 Å². The maximum Gasteiger partial charge on any atom is 0.330 e. The monoisotopic (exact) mass is 240 g/mol. The zero-order valence-electron chi connectivity index (χ0n) is 10.1. The zero-order chi connectivity index (χ0) is 13.2. The number of rotatable bonds is 3. The molecule has 0 aliphatic carbocycles. The number of nitrogens with zero attached hydrogens (tertiary/aromatic N) is 2. The van der Waals surface area contributed by atoms with Gasteiger partial charge in [-0.05, 0) is 6.92 Å². The molecule has 94 valence electrons. The molecule has 1 aromatic heterocycles. The number of nitrogens with two attached hydrogens (primary N) is 1. The van der Waals surface area contributed by atoms with E-state index >= 15 is 0 Å². The highest BCUT2D eigenvalue weighted by molar-refractivity contribution is 5.80. The highest BCUT2D eigenvalue weighted by Gasteiger charge is 2.09. The number of carbonyl (C=O) groups is 1. The molecule has 1 aromatic rings. The van der Waals surface area contributed by atoms with E-state index < -0.39 is 17.3 Å². The van der Waals surface area contributed by atoms with E-state index in [-0.39, 0.29) is 12.5 Å². The lowest BCUT2D eigenvalue weighted by atomic mass is 10.3. The molecule has 7 nitrogen and oxygen atoms in total. The summed E-state index contributed by atoms with van der Waals surface area (Å²) in [4.78, 5) is 34.2. The van der Waals surface area contributed by atoms with Crippen LogP contribution < -0.4 is 22.3 Å². The van der Waals surface area contributed by atoms with Crippen LogP contribution in [-0.4, -0.2) is 21.1 Å². The minimum absolute atomic E-state index is 0.0994. The molecule has 0 unspecified atom stereocenters. The quantitative estimate of drug-likeness (QED) is 0.641. The molecular weight excluding hydrogens is 224 g/mol. The predicted molar refractivity (Wildman–Crippen MR) is 62.4 cm³/mol. The van der Waals surface area contributed by atoms with E-state index in [0.717, 1.165) is 4.57 Å². The molecule has 3 N–H and O–H groups in total. The van der Waals surface area contributed by atoms with Gasteiger partial charge in [0.15, 0.2) is 0 Å². The molecule has 17 heavy (non-hydrogen) atoms. The molecule has 0 aliphatic heterocycles. The summed E-state index contributed by atoms with van der Waals surface area (Å²) in [7, 11) is 2.93. The van der Waals surface area contributed by atoms with E-state index in [1.165, 1.54) is 24.7 Å². The van der Waals surface area contributed by atoms with Crippen LogP contribution in [0.15, 0.2) is 15.7 Å². The highest BCUT2D eigenvalue weighted by atomic mass is 16.2. The van der Waals surface area contributed by atoms with Crippen LogP contribution in [0.3, 0.4) is 0 Å². The number of carbonyl (C=O) groups excluding carboxylic acids is 1. The molecule has 0 bridgehead atoms. The lowest BCUT2D eigenvalue weighted by Gasteiger charge is -2.11. The Bertz CT molecular complexity index is 541. The van der Waals surface area contributed by atoms with E-state index in [1.54, 1.807) is 6.92 Å². The molecule has 0 fully saturated rings. The summed E-state index contributed by atoms with van der Waals surface area (Å²) in [5.74, 6) is -0.335. The van der Waals surface area contributed by atoms with Crippen molar-refractivity contribution in [1.82, 2.24) is 14.5 Å². The van der Waals surface area contributed by atoms with Gasteiger partial charge in [0, 0.05) is 25.9 Å². The molecule has 1 heterocycles. The Labute approximate surface area is 97.9 Å². The summed E-state index contributed by atoms with van der Waals surface area (Å²) < 4.78 is 2.31. The molecule has 1 atom stereocenters. The van der Waals surface area contributed by atoms with Crippen LogP contribution in [-0.2, 0) is 25.4 Å². The van der Waals surface area contributed by atoms with Gasteiger partial charge in [-0.15, -0.1) is 0 Å². The Balaban J connectivity index is 2.98. The third-order valence-corrected chi connectivity index (χ3v) is 2.48. The summed E-state index contributed by atoms with van der Waals surface area (Å²) in [6.07, 6.45) is 0. The van der Waals surface area contributed by atoms with E-state index in [4.69, 9.17) is 5.73 Å². The Kier molecular flexibility index (Phi) is 3.84. The maximum atomic E-state index is 11.6. The summed E-state index contributed by atoms with van der Waals surface area (Å²) in [5, 5.41) is 2.54. The Morgan fingerprint density at radius 3 is 2.53 bits per heavy atom. The van der Waals surface area contributed by atoms with Crippen molar-refractivity contribution in [3.8, 4) is 0 Å². The molecular formula is C10H16N4O3. The van der Waals surface area contributed by atoms with Gasteiger partial charge in [-0.3, -0.25) is 18.7 Å². The van der Waals surface area contributed by atoms with E-state index in [1.807, 2.05) is 0 Å². The largest absolute Gasteiger partial charge is 0.349 e. The van der Waals surface area contributed by atoms with Crippen molar-refractivity contribution >= 4 is 5.91 Å². The Morgan fingerprint density at radius 1 is 1.41 bits per heavy atom. The third-order valence-electron chi connectivity index (χ3n) is 2.48.